The highest BCUT2D eigenvalue weighted by Gasteiger charge is 2.56. The average Bonchev–Trinajstić information content (AvgIpc) is 2.55. The molecule has 0 bridgehead atoms. The third-order valence-corrected chi connectivity index (χ3v) is 7.48. The number of hydrogen-bond acceptors (Lipinski definition) is 5. The van der Waals surface area contributed by atoms with Gasteiger partial charge in [-0.05, 0) is 30.9 Å². The SMILES string of the molecule is O=S(=O)(c1cccnc1C(F)(F)F)N1CC2(CN(CC3CCOCC3)C2)C1. The van der Waals surface area contributed by atoms with Gasteiger partial charge in [-0.2, -0.15) is 17.5 Å². The van der Waals surface area contributed by atoms with Crippen LogP contribution in [0, 0.1) is 11.3 Å². The quantitative estimate of drug-likeness (QED) is 0.765. The van der Waals surface area contributed by atoms with E-state index in [0.717, 1.165) is 62.3 Å². The molecule has 3 fully saturated rings. The minimum Gasteiger partial charge on any atom is -0.381 e. The Morgan fingerprint density at radius 2 is 1.85 bits per heavy atom. The number of ether oxygens (including phenoxy) is 1. The summed E-state index contributed by atoms with van der Waals surface area (Å²) < 4.78 is 71.2. The van der Waals surface area contributed by atoms with Gasteiger partial charge in [-0.15, -0.1) is 0 Å². The van der Waals surface area contributed by atoms with E-state index in [0.29, 0.717) is 5.92 Å². The smallest absolute Gasteiger partial charge is 0.381 e. The molecule has 6 nitrogen and oxygen atoms in total. The molecule has 0 atom stereocenters. The van der Waals surface area contributed by atoms with Crippen molar-refractivity contribution in [3.63, 3.8) is 0 Å². The van der Waals surface area contributed by atoms with E-state index in [9.17, 15) is 21.6 Å². The summed E-state index contributed by atoms with van der Waals surface area (Å²) in [6.45, 7) is 4.71. The summed E-state index contributed by atoms with van der Waals surface area (Å²) in [7, 11) is -4.19. The van der Waals surface area contributed by atoms with E-state index in [4.69, 9.17) is 4.74 Å². The van der Waals surface area contributed by atoms with E-state index in [1.54, 1.807) is 0 Å². The molecule has 0 saturated carbocycles. The van der Waals surface area contributed by atoms with Crippen LogP contribution >= 0.6 is 0 Å². The van der Waals surface area contributed by atoms with Crippen molar-refractivity contribution in [2.24, 2.45) is 11.3 Å². The Morgan fingerprint density at radius 1 is 1.19 bits per heavy atom. The molecule has 10 heteroatoms. The van der Waals surface area contributed by atoms with Crippen molar-refractivity contribution < 1.29 is 26.3 Å². The highest BCUT2D eigenvalue weighted by Crippen LogP contribution is 2.44. The molecule has 0 N–H and O–H groups in total. The Bertz CT molecular complexity index is 795. The van der Waals surface area contributed by atoms with Gasteiger partial charge in [0.25, 0.3) is 0 Å². The third-order valence-electron chi connectivity index (χ3n) is 5.66. The van der Waals surface area contributed by atoms with Gasteiger partial charge < -0.3 is 9.64 Å². The number of hydrogen-bond donors (Lipinski definition) is 0. The van der Waals surface area contributed by atoms with Crippen molar-refractivity contribution in [1.29, 1.82) is 0 Å². The van der Waals surface area contributed by atoms with Gasteiger partial charge in [0, 0.05) is 57.5 Å². The monoisotopic (exact) mass is 405 g/mol. The van der Waals surface area contributed by atoms with Crippen molar-refractivity contribution in [2.75, 3.05) is 45.9 Å². The zero-order valence-corrected chi connectivity index (χ0v) is 15.6. The molecule has 1 aromatic heterocycles. The molecule has 1 aromatic rings. The van der Waals surface area contributed by atoms with Gasteiger partial charge in [0.2, 0.25) is 10.0 Å². The topological polar surface area (TPSA) is 62.7 Å². The summed E-state index contributed by atoms with van der Waals surface area (Å²) in [6.07, 6.45) is -1.75. The molecule has 27 heavy (non-hydrogen) atoms. The van der Waals surface area contributed by atoms with Gasteiger partial charge in [-0.25, -0.2) is 8.42 Å². The van der Waals surface area contributed by atoms with Crippen LogP contribution < -0.4 is 0 Å². The second-order valence-electron chi connectivity index (χ2n) is 7.85. The molecule has 0 aliphatic carbocycles. The summed E-state index contributed by atoms with van der Waals surface area (Å²) in [5.74, 6) is 0.612. The van der Waals surface area contributed by atoms with Crippen LogP contribution in [-0.4, -0.2) is 68.5 Å². The van der Waals surface area contributed by atoms with Crippen LogP contribution in [0.2, 0.25) is 0 Å². The van der Waals surface area contributed by atoms with Crippen LogP contribution in [0.3, 0.4) is 0 Å². The summed E-state index contributed by atoms with van der Waals surface area (Å²) in [5.41, 5.74) is -1.46. The summed E-state index contributed by atoms with van der Waals surface area (Å²) in [6, 6.07) is 2.20. The van der Waals surface area contributed by atoms with Crippen molar-refractivity contribution in [1.82, 2.24) is 14.2 Å². The van der Waals surface area contributed by atoms with Crippen LogP contribution in [0.1, 0.15) is 18.5 Å². The number of halogens is 3. The van der Waals surface area contributed by atoms with Crippen molar-refractivity contribution in [2.45, 2.75) is 23.9 Å². The number of sulfonamides is 1. The number of pyridine rings is 1. The molecule has 4 rings (SSSR count). The highest BCUT2D eigenvalue weighted by atomic mass is 32.2. The zero-order chi connectivity index (χ0) is 19.3. The minimum absolute atomic E-state index is 0.112. The van der Waals surface area contributed by atoms with E-state index in [1.165, 1.54) is 6.07 Å². The Kier molecular flexibility index (Phi) is 4.73. The summed E-state index contributed by atoms with van der Waals surface area (Å²) in [4.78, 5) is 4.81. The molecule has 1 spiro atoms. The fourth-order valence-electron chi connectivity index (χ4n) is 4.35. The summed E-state index contributed by atoms with van der Waals surface area (Å²) in [5, 5.41) is 0. The number of aromatic nitrogens is 1. The van der Waals surface area contributed by atoms with Gasteiger partial charge in [-0.1, -0.05) is 0 Å². The largest absolute Gasteiger partial charge is 0.434 e. The zero-order valence-electron chi connectivity index (χ0n) is 14.8. The lowest BCUT2D eigenvalue weighted by molar-refractivity contribution is -0.143. The molecule has 150 valence electrons. The fourth-order valence-corrected chi connectivity index (χ4v) is 6.18. The van der Waals surface area contributed by atoms with Crippen molar-refractivity contribution >= 4 is 10.0 Å². The predicted molar refractivity (Wildman–Crippen MR) is 90.4 cm³/mol. The van der Waals surface area contributed by atoms with E-state index < -0.39 is 26.8 Å². The van der Waals surface area contributed by atoms with Gasteiger partial charge in [0.1, 0.15) is 4.90 Å². The molecule has 4 heterocycles. The first-order valence-corrected chi connectivity index (χ1v) is 10.5. The van der Waals surface area contributed by atoms with Crippen LogP contribution in [0.25, 0.3) is 0 Å². The second-order valence-corrected chi connectivity index (χ2v) is 9.75. The molecule has 3 saturated heterocycles. The Balaban J connectivity index is 1.37. The normalized spacial score (nSPS) is 24.6. The van der Waals surface area contributed by atoms with Gasteiger partial charge in [0.05, 0.1) is 0 Å². The Labute approximate surface area is 156 Å². The first-order valence-electron chi connectivity index (χ1n) is 9.02. The lowest BCUT2D eigenvalue weighted by atomic mass is 9.74. The minimum atomic E-state index is -4.80. The number of rotatable bonds is 4. The number of nitrogens with zero attached hydrogens (tertiary/aromatic N) is 3. The lowest BCUT2D eigenvalue weighted by Crippen LogP contribution is -2.73. The van der Waals surface area contributed by atoms with Gasteiger partial charge in [-0.3, -0.25) is 4.98 Å². The molecule has 3 aliphatic rings. The average molecular weight is 405 g/mol. The van der Waals surface area contributed by atoms with Crippen LogP contribution in [0.15, 0.2) is 23.2 Å². The van der Waals surface area contributed by atoms with Crippen LogP contribution in [0.4, 0.5) is 13.2 Å². The maximum atomic E-state index is 13.1. The molecule has 0 radical (unpaired) electrons. The van der Waals surface area contributed by atoms with E-state index in [1.807, 2.05) is 0 Å². The van der Waals surface area contributed by atoms with E-state index in [-0.39, 0.29) is 18.5 Å². The molecular weight excluding hydrogens is 383 g/mol. The van der Waals surface area contributed by atoms with Crippen LogP contribution in [0.5, 0.6) is 0 Å². The second kappa shape index (κ2) is 6.68. The van der Waals surface area contributed by atoms with Crippen molar-refractivity contribution in [3.8, 4) is 0 Å². The van der Waals surface area contributed by atoms with Crippen molar-refractivity contribution in [3.05, 3.63) is 24.0 Å². The molecule has 0 unspecified atom stereocenters. The molecular formula is C17H22F3N3O3S. The maximum Gasteiger partial charge on any atom is 0.434 e. The van der Waals surface area contributed by atoms with E-state index in [2.05, 4.69) is 9.88 Å². The number of alkyl halides is 3. The summed E-state index contributed by atoms with van der Waals surface area (Å²) >= 11 is 0. The molecule has 0 aromatic carbocycles. The van der Waals surface area contributed by atoms with Crippen LogP contribution in [-0.2, 0) is 20.9 Å². The highest BCUT2D eigenvalue weighted by molar-refractivity contribution is 7.89. The third kappa shape index (κ3) is 3.59. The maximum absolute atomic E-state index is 13.1. The Hall–Kier alpha value is -1.23. The predicted octanol–water partition coefficient (Wildman–Crippen LogP) is 1.83. The first-order chi connectivity index (χ1) is 12.7. The standard InChI is InChI=1S/C17H22F3N3O3S/c18-17(19,20)15-14(2-1-5-21-15)27(24,25)23-11-16(12-23)9-22(10-16)8-13-3-6-26-7-4-13/h1-2,5,13H,3-4,6-12H2. The Morgan fingerprint density at radius 3 is 2.48 bits per heavy atom. The molecule has 3 aliphatic heterocycles. The van der Waals surface area contributed by atoms with Gasteiger partial charge in [0.15, 0.2) is 5.69 Å². The fraction of sp³-hybridized carbons (Fsp3) is 0.706. The number of likely N-dealkylation sites (tertiary alicyclic amines) is 1. The first kappa shape index (κ1) is 19.1. The lowest BCUT2D eigenvalue weighted by Gasteiger charge is -2.60. The molecule has 0 amide bonds. The van der Waals surface area contributed by atoms with E-state index >= 15 is 0 Å². The van der Waals surface area contributed by atoms with Gasteiger partial charge >= 0.3 is 6.18 Å².